The van der Waals surface area contributed by atoms with Crippen LogP contribution in [0.1, 0.15) is 43.2 Å². The lowest BCUT2D eigenvalue weighted by molar-refractivity contribution is 0.199. The van der Waals surface area contributed by atoms with Crippen LogP contribution in [0.2, 0.25) is 0 Å². The average Bonchev–Trinajstić information content (AvgIpc) is 2.85. The Labute approximate surface area is 120 Å². The normalized spacial score (nSPS) is 12.4. The molecule has 0 spiro atoms. The second kappa shape index (κ2) is 6.57. The van der Waals surface area contributed by atoms with Crippen LogP contribution < -0.4 is 4.74 Å². The van der Waals surface area contributed by atoms with E-state index >= 15 is 0 Å². The summed E-state index contributed by atoms with van der Waals surface area (Å²) in [7, 11) is 0. The fourth-order valence-electron chi connectivity index (χ4n) is 2.16. The van der Waals surface area contributed by atoms with Crippen LogP contribution in [0, 0.1) is 6.92 Å². The zero-order valence-corrected chi connectivity index (χ0v) is 12.3. The van der Waals surface area contributed by atoms with Crippen LogP contribution in [0.5, 0.6) is 5.75 Å². The molecule has 1 aromatic heterocycles. The fourth-order valence-corrected chi connectivity index (χ4v) is 2.16. The molecule has 2 aromatic rings. The second-order valence-electron chi connectivity index (χ2n) is 5.07. The van der Waals surface area contributed by atoms with Gasteiger partial charge in [-0.1, -0.05) is 13.0 Å². The molecule has 0 saturated heterocycles. The molecule has 20 heavy (non-hydrogen) atoms. The lowest BCUT2D eigenvalue weighted by Crippen LogP contribution is -2.05. The zero-order valence-electron chi connectivity index (χ0n) is 12.3. The molecule has 0 bridgehead atoms. The first-order valence-electron chi connectivity index (χ1n) is 7.02. The van der Waals surface area contributed by atoms with Crippen molar-refractivity contribution in [2.24, 2.45) is 0 Å². The number of hydrogen-bond acceptors (Lipinski definition) is 3. The summed E-state index contributed by atoms with van der Waals surface area (Å²) in [5, 5.41) is 9.56. The van der Waals surface area contributed by atoms with Gasteiger partial charge in [0.1, 0.15) is 12.4 Å². The summed E-state index contributed by atoms with van der Waals surface area (Å²) in [6, 6.07) is 5.78. The molecule has 2 rings (SSSR count). The predicted octanol–water partition coefficient (Wildman–Crippen LogP) is 3.23. The van der Waals surface area contributed by atoms with Crippen LogP contribution in [0.15, 0.2) is 30.7 Å². The maximum Gasteiger partial charge on any atom is 0.130 e. The Kier molecular flexibility index (Phi) is 4.79. The van der Waals surface area contributed by atoms with E-state index in [0.717, 1.165) is 35.5 Å². The molecule has 1 N–H and O–H groups in total. The van der Waals surface area contributed by atoms with Gasteiger partial charge in [-0.15, -0.1) is 0 Å². The average molecular weight is 274 g/mol. The SMILES string of the molecule is CCCn1cncc1COc1ccc(C(C)O)cc1C. The molecule has 0 radical (unpaired) electrons. The van der Waals surface area contributed by atoms with Gasteiger partial charge in [-0.3, -0.25) is 0 Å². The summed E-state index contributed by atoms with van der Waals surface area (Å²) >= 11 is 0. The number of benzene rings is 1. The number of aromatic nitrogens is 2. The Morgan fingerprint density at radius 2 is 2.20 bits per heavy atom. The highest BCUT2D eigenvalue weighted by atomic mass is 16.5. The van der Waals surface area contributed by atoms with Gasteiger partial charge in [-0.2, -0.15) is 0 Å². The van der Waals surface area contributed by atoms with Crippen LogP contribution in [-0.4, -0.2) is 14.7 Å². The van der Waals surface area contributed by atoms with Gasteiger partial charge in [0.05, 0.1) is 24.3 Å². The number of aryl methyl sites for hydroxylation is 2. The Bertz CT molecular complexity index is 561. The molecule has 1 atom stereocenters. The van der Waals surface area contributed by atoms with E-state index in [1.54, 1.807) is 6.92 Å². The molecule has 0 fully saturated rings. The Hall–Kier alpha value is -1.81. The van der Waals surface area contributed by atoms with E-state index in [0.29, 0.717) is 6.61 Å². The highest BCUT2D eigenvalue weighted by Crippen LogP contribution is 2.23. The maximum atomic E-state index is 9.56. The molecule has 4 nitrogen and oxygen atoms in total. The number of nitrogens with zero attached hydrogens (tertiary/aromatic N) is 2. The van der Waals surface area contributed by atoms with Gasteiger partial charge in [-0.05, 0) is 43.5 Å². The summed E-state index contributed by atoms with van der Waals surface area (Å²) in [5.74, 6) is 0.846. The van der Waals surface area contributed by atoms with Gasteiger partial charge in [0.2, 0.25) is 0 Å². The molecular weight excluding hydrogens is 252 g/mol. The fraction of sp³-hybridized carbons (Fsp3) is 0.438. The topological polar surface area (TPSA) is 47.3 Å². The van der Waals surface area contributed by atoms with Crippen molar-refractivity contribution in [3.63, 3.8) is 0 Å². The molecular formula is C16H22N2O2. The summed E-state index contributed by atoms with van der Waals surface area (Å²) in [4.78, 5) is 4.16. The summed E-state index contributed by atoms with van der Waals surface area (Å²) < 4.78 is 7.97. The van der Waals surface area contributed by atoms with Gasteiger partial charge < -0.3 is 14.4 Å². The number of rotatable bonds is 6. The highest BCUT2D eigenvalue weighted by molar-refractivity contribution is 5.37. The van der Waals surface area contributed by atoms with Gasteiger partial charge in [-0.25, -0.2) is 4.98 Å². The lowest BCUT2D eigenvalue weighted by Gasteiger charge is -2.13. The van der Waals surface area contributed by atoms with Crippen LogP contribution in [0.25, 0.3) is 0 Å². The lowest BCUT2D eigenvalue weighted by atomic mass is 10.1. The third kappa shape index (κ3) is 3.39. The van der Waals surface area contributed by atoms with Gasteiger partial charge in [0.15, 0.2) is 0 Å². The third-order valence-corrected chi connectivity index (χ3v) is 3.32. The van der Waals surface area contributed by atoms with Crippen molar-refractivity contribution in [3.8, 4) is 5.75 Å². The Morgan fingerprint density at radius 1 is 1.40 bits per heavy atom. The van der Waals surface area contributed by atoms with Crippen LogP contribution in [-0.2, 0) is 13.2 Å². The smallest absolute Gasteiger partial charge is 0.130 e. The van der Waals surface area contributed by atoms with Crippen molar-refractivity contribution in [3.05, 3.63) is 47.5 Å². The van der Waals surface area contributed by atoms with E-state index in [1.165, 1.54) is 0 Å². The molecule has 0 amide bonds. The van der Waals surface area contributed by atoms with E-state index in [9.17, 15) is 5.11 Å². The zero-order chi connectivity index (χ0) is 14.5. The van der Waals surface area contributed by atoms with E-state index < -0.39 is 6.10 Å². The Morgan fingerprint density at radius 3 is 2.85 bits per heavy atom. The van der Waals surface area contributed by atoms with Crippen molar-refractivity contribution in [2.45, 2.75) is 46.4 Å². The van der Waals surface area contributed by atoms with Gasteiger partial charge >= 0.3 is 0 Å². The maximum absolute atomic E-state index is 9.56. The second-order valence-corrected chi connectivity index (χ2v) is 5.07. The molecule has 0 aliphatic carbocycles. The van der Waals surface area contributed by atoms with Crippen LogP contribution in [0.4, 0.5) is 0 Å². The molecule has 0 aliphatic heterocycles. The minimum atomic E-state index is -0.450. The molecule has 4 heteroatoms. The summed E-state index contributed by atoms with van der Waals surface area (Å²) in [6.45, 7) is 7.36. The van der Waals surface area contributed by atoms with E-state index in [2.05, 4.69) is 16.5 Å². The van der Waals surface area contributed by atoms with E-state index in [1.807, 2.05) is 37.6 Å². The molecule has 1 unspecified atom stereocenters. The Balaban J connectivity index is 2.05. The van der Waals surface area contributed by atoms with Crippen LogP contribution in [0.3, 0.4) is 0 Å². The van der Waals surface area contributed by atoms with Crippen molar-refractivity contribution < 1.29 is 9.84 Å². The number of ether oxygens (including phenoxy) is 1. The standard InChI is InChI=1S/C16H22N2O2/c1-4-7-18-11-17-9-15(18)10-20-16-6-5-14(13(3)19)8-12(16)2/h5-6,8-9,11,13,19H,4,7,10H2,1-3H3. The van der Waals surface area contributed by atoms with Crippen molar-refractivity contribution >= 4 is 0 Å². The van der Waals surface area contributed by atoms with Gasteiger partial charge in [0.25, 0.3) is 0 Å². The van der Waals surface area contributed by atoms with Crippen LogP contribution >= 0.6 is 0 Å². The van der Waals surface area contributed by atoms with E-state index in [4.69, 9.17) is 4.74 Å². The minimum Gasteiger partial charge on any atom is -0.487 e. The monoisotopic (exact) mass is 274 g/mol. The number of aliphatic hydroxyl groups is 1. The van der Waals surface area contributed by atoms with Crippen molar-refractivity contribution in [1.29, 1.82) is 0 Å². The van der Waals surface area contributed by atoms with E-state index in [-0.39, 0.29) is 0 Å². The molecule has 108 valence electrons. The van der Waals surface area contributed by atoms with Gasteiger partial charge in [0, 0.05) is 6.54 Å². The summed E-state index contributed by atoms with van der Waals surface area (Å²) in [5.41, 5.74) is 3.02. The molecule has 0 aliphatic rings. The molecule has 1 aromatic carbocycles. The number of aliphatic hydroxyl groups excluding tert-OH is 1. The molecule has 0 saturated carbocycles. The predicted molar refractivity (Wildman–Crippen MR) is 78.7 cm³/mol. The first-order chi connectivity index (χ1) is 9.61. The largest absolute Gasteiger partial charge is 0.487 e. The van der Waals surface area contributed by atoms with Crippen molar-refractivity contribution in [2.75, 3.05) is 0 Å². The highest BCUT2D eigenvalue weighted by Gasteiger charge is 2.07. The first-order valence-corrected chi connectivity index (χ1v) is 7.02. The number of hydrogen-bond donors (Lipinski definition) is 1. The quantitative estimate of drug-likeness (QED) is 0.879. The minimum absolute atomic E-state index is 0.450. The number of imidazole rings is 1. The summed E-state index contributed by atoms with van der Waals surface area (Å²) in [6.07, 6.45) is 4.31. The van der Waals surface area contributed by atoms with Crippen molar-refractivity contribution in [1.82, 2.24) is 9.55 Å². The third-order valence-electron chi connectivity index (χ3n) is 3.32. The first kappa shape index (κ1) is 14.6. The molecule has 1 heterocycles.